The zero-order valence-electron chi connectivity index (χ0n) is 11.5. The Labute approximate surface area is 122 Å². The Hall–Kier alpha value is -2.49. The summed E-state index contributed by atoms with van der Waals surface area (Å²) < 4.78 is 0. The van der Waals surface area contributed by atoms with E-state index in [9.17, 15) is 4.79 Å². The van der Waals surface area contributed by atoms with Crippen LogP contribution < -0.4 is 0 Å². The molecular weight excluding hydrogens is 262 g/mol. The zero-order valence-corrected chi connectivity index (χ0v) is 11.5. The molecule has 4 rings (SSSR count). The van der Waals surface area contributed by atoms with Crippen molar-refractivity contribution >= 4 is 16.6 Å². The Morgan fingerprint density at radius 3 is 2.81 bits per heavy atom. The van der Waals surface area contributed by atoms with E-state index in [-0.39, 0.29) is 0 Å². The van der Waals surface area contributed by atoms with Crippen LogP contribution in [0, 0.1) is 5.92 Å². The number of hydrogen-bond acceptors (Lipinski definition) is 3. The van der Waals surface area contributed by atoms with Crippen molar-refractivity contribution in [3.8, 4) is 11.1 Å². The van der Waals surface area contributed by atoms with Crippen molar-refractivity contribution in [2.45, 2.75) is 19.3 Å². The lowest BCUT2D eigenvalue weighted by Gasteiger charge is -2.04. The molecule has 0 atom stereocenters. The second kappa shape index (κ2) is 4.81. The summed E-state index contributed by atoms with van der Waals surface area (Å²) in [4.78, 5) is 16.3. The Morgan fingerprint density at radius 2 is 2.05 bits per heavy atom. The smallest absolute Gasteiger partial charge is 0.141 e. The normalized spacial score (nSPS) is 14.5. The van der Waals surface area contributed by atoms with E-state index in [1.807, 2.05) is 18.5 Å². The molecule has 1 saturated carbocycles. The summed E-state index contributed by atoms with van der Waals surface area (Å²) >= 11 is 0. The summed E-state index contributed by atoms with van der Waals surface area (Å²) in [7, 11) is 0. The molecule has 4 nitrogen and oxygen atoms in total. The van der Waals surface area contributed by atoms with Gasteiger partial charge in [-0.25, -0.2) is 0 Å². The van der Waals surface area contributed by atoms with Crippen molar-refractivity contribution < 1.29 is 4.79 Å². The highest BCUT2D eigenvalue weighted by molar-refractivity contribution is 5.89. The summed E-state index contributed by atoms with van der Waals surface area (Å²) in [6, 6.07) is 8.26. The van der Waals surface area contributed by atoms with Crippen molar-refractivity contribution in [3.05, 3.63) is 48.5 Å². The molecule has 4 heteroatoms. The van der Waals surface area contributed by atoms with Gasteiger partial charge < -0.3 is 0 Å². The lowest BCUT2D eigenvalue weighted by Crippen LogP contribution is -2.06. The number of carbonyl (C=O) groups is 1. The molecule has 0 saturated heterocycles. The lowest BCUT2D eigenvalue weighted by molar-refractivity contribution is -0.119. The second-order valence-electron chi connectivity index (χ2n) is 5.64. The van der Waals surface area contributed by atoms with Gasteiger partial charge >= 0.3 is 0 Å². The molecule has 2 heterocycles. The van der Waals surface area contributed by atoms with Gasteiger partial charge in [0.15, 0.2) is 0 Å². The van der Waals surface area contributed by atoms with Gasteiger partial charge in [-0.2, -0.15) is 5.10 Å². The second-order valence-corrected chi connectivity index (χ2v) is 5.64. The molecule has 0 bridgehead atoms. The summed E-state index contributed by atoms with van der Waals surface area (Å²) in [6.07, 6.45) is 8.09. The maximum Gasteiger partial charge on any atom is 0.141 e. The number of Topliss-reactive ketones (excluding diaryl/α,β-unsaturated/α-hetero) is 1. The summed E-state index contributed by atoms with van der Waals surface area (Å²) in [5, 5.41) is 9.01. The molecule has 0 amide bonds. The largest absolute Gasteiger partial charge is 0.299 e. The minimum Gasteiger partial charge on any atom is -0.299 e. The molecule has 1 N–H and O–H groups in total. The molecule has 1 fully saturated rings. The monoisotopic (exact) mass is 277 g/mol. The number of aromatic amines is 1. The fraction of sp³-hybridized carbons (Fsp3) is 0.235. The van der Waals surface area contributed by atoms with Crippen LogP contribution in [0.3, 0.4) is 0 Å². The van der Waals surface area contributed by atoms with E-state index in [4.69, 9.17) is 0 Å². The van der Waals surface area contributed by atoms with E-state index in [0.717, 1.165) is 40.4 Å². The fourth-order valence-electron chi connectivity index (χ4n) is 2.60. The Bertz CT molecular complexity index is 804. The molecule has 2 aromatic heterocycles. The van der Waals surface area contributed by atoms with Crippen LogP contribution in [0.25, 0.3) is 21.9 Å². The highest BCUT2D eigenvalue weighted by Gasteiger charge is 2.29. The number of nitrogens with one attached hydrogen (secondary N) is 1. The molecular formula is C17H15N3O. The maximum absolute atomic E-state index is 11.9. The highest BCUT2D eigenvalue weighted by atomic mass is 16.1. The first-order chi connectivity index (χ1) is 10.3. The number of pyridine rings is 1. The molecule has 0 unspecified atom stereocenters. The maximum atomic E-state index is 11.9. The van der Waals surface area contributed by atoms with Crippen LogP contribution in [0.5, 0.6) is 0 Å². The van der Waals surface area contributed by atoms with Crippen LogP contribution in [0.1, 0.15) is 18.5 Å². The topological polar surface area (TPSA) is 58.6 Å². The van der Waals surface area contributed by atoms with Gasteiger partial charge in [-0.15, -0.1) is 0 Å². The van der Waals surface area contributed by atoms with Gasteiger partial charge in [-0.3, -0.25) is 14.9 Å². The molecule has 104 valence electrons. The number of ketones is 1. The standard InChI is InChI=1S/C17H15N3O/c21-17(11-1-2-11)7-16-6-14-5-12(15-9-19-20-10-15)3-4-13(14)8-18-16/h3-6,8-11H,1-2,7H2,(H,19,20). The van der Waals surface area contributed by atoms with Crippen LogP contribution in [-0.2, 0) is 11.2 Å². The van der Waals surface area contributed by atoms with Gasteiger partial charge in [0.05, 0.1) is 6.20 Å². The number of rotatable bonds is 4. The summed E-state index contributed by atoms with van der Waals surface area (Å²) in [6.45, 7) is 0. The highest BCUT2D eigenvalue weighted by Crippen LogP contribution is 2.31. The molecule has 1 aliphatic rings. The van der Waals surface area contributed by atoms with Crippen LogP contribution >= 0.6 is 0 Å². The molecule has 3 aromatic rings. The number of fused-ring (bicyclic) bond motifs is 1. The van der Waals surface area contributed by atoms with Crippen molar-refractivity contribution in [3.63, 3.8) is 0 Å². The number of aromatic nitrogens is 3. The minimum atomic E-state index is 0.291. The number of carbonyl (C=O) groups excluding carboxylic acids is 1. The number of nitrogens with zero attached hydrogens (tertiary/aromatic N) is 2. The minimum absolute atomic E-state index is 0.291. The predicted octanol–water partition coefficient (Wildman–Crippen LogP) is 3.15. The lowest BCUT2D eigenvalue weighted by atomic mass is 10.0. The first-order valence-corrected chi connectivity index (χ1v) is 7.20. The Morgan fingerprint density at radius 1 is 1.14 bits per heavy atom. The van der Waals surface area contributed by atoms with Crippen LogP contribution in [0.4, 0.5) is 0 Å². The third-order valence-electron chi connectivity index (χ3n) is 4.00. The van der Waals surface area contributed by atoms with Gasteiger partial charge in [0.1, 0.15) is 5.78 Å². The molecule has 1 aromatic carbocycles. The average Bonchev–Trinajstić information content (AvgIpc) is 3.22. The number of hydrogen-bond donors (Lipinski definition) is 1. The van der Waals surface area contributed by atoms with Gasteiger partial charge in [0, 0.05) is 41.4 Å². The van der Waals surface area contributed by atoms with Gasteiger partial charge in [-0.05, 0) is 35.9 Å². The zero-order chi connectivity index (χ0) is 14.2. The number of H-pyrrole nitrogens is 1. The van der Waals surface area contributed by atoms with E-state index >= 15 is 0 Å². The van der Waals surface area contributed by atoms with Crippen LogP contribution in [0.2, 0.25) is 0 Å². The van der Waals surface area contributed by atoms with E-state index in [2.05, 4.69) is 33.4 Å². The third kappa shape index (κ3) is 2.44. The summed E-state index contributed by atoms with van der Waals surface area (Å²) in [5.74, 6) is 0.618. The Balaban J connectivity index is 1.69. The quantitative estimate of drug-likeness (QED) is 0.797. The Kier molecular flexibility index (Phi) is 2.81. The van der Waals surface area contributed by atoms with E-state index in [0.29, 0.717) is 18.1 Å². The van der Waals surface area contributed by atoms with Crippen molar-refractivity contribution in [1.82, 2.24) is 15.2 Å². The first-order valence-electron chi connectivity index (χ1n) is 7.20. The van der Waals surface area contributed by atoms with Gasteiger partial charge in [0.2, 0.25) is 0 Å². The van der Waals surface area contributed by atoms with Crippen LogP contribution in [-0.4, -0.2) is 21.0 Å². The molecule has 0 aliphatic heterocycles. The van der Waals surface area contributed by atoms with Crippen LogP contribution in [0.15, 0.2) is 42.9 Å². The van der Waals surface area contributed by atoms with E-state index in [1.165, 1.54) is 0 Å². The number of benzene rings is 1. The first kappa shape index (κ1) is 12.3. The third-order valence-corrected chi connectivity index (χ3v) is 4.00. The molecule has 1 aliphatic carbocycles. The van der Waals surface area contributed by atoms with Gasteiger partial charge in [-0.1, -0.05) is 12.1 Å². The van der Waals surface area contributed by atoms with E-state index in [1.54, 1.807) is 6.20 Å². The van der Waals surface area contributed by atoms with E-state index < -0.39 is 0 Å². The van der Waals surface area contributed by atoms with Crippen molar-refractivity contribution in [2.24, 2.45) is 5.92 Å². The molecule has 0 spiro atoms. The summed E-state index contributed by atoms with van der Waals surface area (Å²) in [5.41, 5.74) is 3.04. The molecule has 21 heavy (non-hydrogen) atoms. The van der Waals surface area contributed by atoms with Crippen molar-refractivity contribution in [2.75, 3.05) is 0 Å². The predicted molar refractivity (Wildman–Crippen MR) is 80.8 cm³/mol. The fourth-order valence-corrected chi connectivity index (χ4v) is 2.60. The molecule has 0 radical (unpaired) electrons. The average molecular weight is 277 g/mol. The SMILES string of the molecule is O=C(Cc1cc2cc(-c3cn[nH]c3)ccc2cn1)C1CC1. The van der Waals surface area contributed by atoms with Crippen molar-refractivity contribution in [1.29, 1.82) is 0 Å². The van der Waals surface area contributed by atoms with Gasteiger partial charge in [0.25, 0.3) is 0 Å².